The fourth-order valence-corrected chi connectivity index (χ4v) is 4.68. The minimum absolute atomic E-state index is 0.182. The van der Waals surface area contributed by atoms with Crippen LogP contribution in [-0.4, -0.2) is 54.5 Å². The van der Waals surface area contributed by atoms with Crippen molar-refractivity contribution in [2.45, 2.75) is 51.1 Å². The monoisotopic (exact) mass is 377 g/mol. The van der Waals surface area contributed by atoms with E-state index >= 15 is 0 Å². The summed E-state index contributed by atoms with van der Waals surface area (Å²) < 4.78 is 26.6. The zero-order valence-corrected chi connectivity index (χ0v) is 15.9. The third kappa shape index (κ3) is 4.85. The number of rotatable bonds is 6. The van der Waals surface area contributed by atoms with E-state index in [2.05, 4.69) is 15.1 Å². The van der Waals surface area contributed by atoms with Crippen molar-refractivity contribution in [2.24, 2.45) is 5.41 Å². The van der Waals surface area contributed by atoms with E-state index in [9.17, 15) is 13.6 Å². The van der Waals surface area contributed by atoms with Gasteiger partial charge in [-0.05, 0) is 68.3 Å². The third-order valence-corrected chi connectivity index (χ3v) is 6.25. The fraction of sp³-hybridized carbons (Fsp3) is 0.667. The molecule has 3 fully saturated rings. The summed E-state index contributed by atoms with van der Waals surface area (Å²) in [5.74, 6) is -1.37. The van der Waals surface area contributed by atoms with Crippen LogP contribution in [-0.2, 0) is 11.3 Å². The number of carbonyl (C=O) groups excluding carboxylic acids is 1. The van der Waals surface area contributed by atoms with Gasteiger partial charge < -0.3 is 10.2 Å². The molecular weight excluding hydrogens is 348 g/mol. The molecule has 1 saturated carbocycles. The number of amides is 1. The molecule has 1 spiro atoms. The van der Waals surface area contributed by atoms with Crippen molar-refractivity contribution in [3.05, 3.63) is 35.4 Å². The smallest absolute Gasteiger partial charge is 0.221 e. The number of carbonyl (C=O) groups is 1. The largest absolute Gasteiger partial charge is 0.353 e. The maximum absolute atomic E-state index is 13.5. The Labute approximate surface area is 159 Å². The van der Waals surface area contributed by atoms with Crippen LogP contribution in [0, 0.1) is 17.0 Å². The minimum Gasteiger partial charge on any atom is -0.353 e. The van der Waals surface area contributed by atoms with Crippen LogP contribution in [0.2, 0.25) is 0 Å². The summed E-state index contributed by atoms with van der Waals surface area (Å²) in [4.78, 5) is 16.7. The Hall–Kier alpha value is -1.53. The molecule has 3 aliphatic rings. The maximum Gasteiger partial charge on any atom is 0.221 e. The number of nitrogens with one attached hydrogen (secondary N) is 1. The van der Waals surface area contributed by atoms with E-state index in [1.54, 1.807) is 6.07 Å². The molecule has 148 valence electrons. The number of hydrogen-bond acceptors (Lipinski definition) is 3. The van der Waals surface area contributed by atoms with Crippen LogP contribution >= 0.6 is 0 Å². The van der Waals surface area contributed by atoms with E-state index in [1.165, 1.54) is 18.6 Å². The number of halogens is 2. The van der Waals surface area contributed by atoms with Crippen molar-refractivity contribution >= 4 is 5.91 Å². The zero-order chi connectivity index (χ0) is 18.9. The molecule has 0 aromatic heterocycles. The second-order valence-corrected chi connectivity index (χ2v) is 8.68. The highest BCUT2D eigenvalue weighted by Gasteiger charge is 2.41. The van der Waals surface area contributed by atoms with E-state index in [4.69, 9.17) is 0 Å². The molecule has 1 aromatic rings. The Morgan fingerprint density at radius 2 is 1.93 bits per heavy atom. The van der Waals surface area contributed by atoms with Crippen LogP contribution in [0.5, 0.6) is 0 Å². The molecule has 0 unspecified atom stereocenters. The predicted molar refractivity (Wildman–Crippen MR) is 100 cm³/mol. The maximum atomic E-state index is 13.5. The van der Waals surface area contributed by atoms with Crippen LogP contribution in [0.3, 0.4) is 0 Å². The lowest BCUT2D eigenvalue weighted by Crippen LogP contribution is -2.44. The Morgan fingerprint density at radius 3 is 2.70 bits per heavy atom. The molecule has 1 amide bonds. The molecule has 2 aliphatic heterocycles. The first-order valence-electron chi connectivity index (χ1n) is 10.2. The second kappa shape index (κ2) is 7.84. The van der Waals surface area contributed by atoms with Gasteiger partial charge >= 0.3 is 0 Å². The predicted octanol–water partition coefficient (Wildman–Crippen LogP) is 2.92. The van der Waals surface area contributed by atoms with Crippen LogP contribution < -0.4 is 5.32 Å². The highest BCUT2D eigenvalue weighted by Crippen LogP contribution is 2.39. The van der Waals surface area contributed by atoms with E-state index in [0.717, 1.165) is 64.0 Å². The van der Waals surface area contributed by atoms with Crippen molar-refractivity contribution in [3.63, 3.8) is 0 Å². The van der Waals surface area contributed by atoms with Gasteiger partial charge in [0.15, 0.2) is 11.6 Å². The third-order valence-electron chi connectivity index (χ3n) is 6.25. The highest BCUT2D eigenvalue weighted by atomic mass is 19.2. The first-order valence-corrected chi connectivity index (χ1v) is 10.2. The fourth-order valence-electron chi connectivity index (χ4n) is 4.68. The number of piperidine rings is 1. The number of benzene rings is 1. The SMILES string of the molecule is O=C(CCN1CC[C@]2(CCCN(Cc3ccc(F)c(F)c3)C2)C1)NC1CC1. The van der Waals surface area contributed by atoms with Gasteiger partial charge in [-0.1, -0.05) is 6.07 Å². The van der Waals surface area contributed by atoms with Crippen molar-refractivity contribution in [1.82, 2.24) is 15.1 Å². The van der Waals surface area contributed by atoms with E-state index in [1.807, 2.05) is 0 Å². The van der Waals surface area contributed by atoms with Crippen molar-refractivity contribution in [1.29, 1.82) is 0 Å². The van der Waals surface area contributed by atoms with Crippen LogP contribution in [0.4, 0.5) is 8.78 Å². The van der Waals surface area contributed by atoms with Crippen LogP contribution in [0.15, 0.2) is 18.2 Å². The van der Waals surface area contributed by atoms with Gasteiger partial charge in [0.05, 0.1) is 0 Å². The van der Waals surface area contributed by atoms with Gasteiger partial charge in [-0.3, -0.25) is 9.69 Å². The summed E-state index contributed by atoms with van der Waals surface area (Å²) >= 11 is 0. The summed E-state index contributed by atoms with van der Waals surface area (Å²) in [6.07, 6.45) is 6.36. The molecule has 6 heteroatoms. The topological polar surface area (TPSA) is 35.6 Å². The van der Waals surface area contributed by atoms with Crippen LogP contribution in [0.25, 0.3) is 0 Å². The van der Waals surface area contributed by atoms with Crippen LogP contribution in [0.1, 0.15) is 44.1 Å². The molecule has 1 aliphatic carbocycles. The average molecular weight is 377 g/mol. The van der Waals surface area contributed by atoms with Gasteiger partial charge in [0, 0.05) is 38.6 Å². The standard InChI is InChI=1S/C21H29F2N3O/c22-18-5-2-16(12-19(18)23)13-26-9-1-7-21(15-26)8-11-25(14-21)10-6-20(27)24-17-3-4-17/h2,5,12,17H,1,3-4,6-11,13-15H2,(H,24,27)/t21-/m1/s1. The minimum atomic E-state index is -0.786. The first-order chi connectivity index (χ1) is 13.0. The van der Waals surface area contributed by atoms with Gasteiger partial charge in [-0.15, -0.1) is 0 Å². The highest BCUT2D eigenvalue weighted by molar-refractivity contribution is 5.76. The Morgan fingerprint density at radius 1 is 1.11 bits per heavy atom. The molecule has 1 N–H and O–H groups in total. The molecule has 4 rings (SSSR count). The first kappa shape index (κ1) is 18.8. The van der Waals surface area contributed by atoms with Gasteiger partial charge in [0.1, 0.15) is 0 Å². The lowest BCUT2D eigenvalue weighted by atomic mass is 9.79. The summed E-state index contributed by atoms with van der Waals surface area (Å²) in [6.45, 7) is 5.60. The van der Waals surface area contributed by atoms with E-state index in [-0.39, 0.29) is 11.3 Å². The summed E-state index contributed by atoms with van der Waals surface area (Å²) in [5, 5.41) is 3.06. The summed E-state index contributed by atoms with van der Waals surface area (Å²) in [7, 11) is 0. The summed E-state index contributed by atoms with van der Waals surface area (Å²) in [6, 6.07) is 4.65. The Bertz CT molecular complexity index is 694. The van der Waals surface area contributed by atoms with E-state index in [0.29, 0.717) is 19.0 Å². The van der Waals surface area contributed by atoms with Crippen molar-refractivity contribution in [2.75, 3.05) is 32.7 Å². The number of hydrogen-bond donors (Lipinski definition) is 1. The molecule has 1 atom stereocenters. The van der Waals surface area contributed by atoms with Crippen molar-refractivity contribution < 1.29 is 13.6 Å². The van der Waals surface area contributed by atoms with Gasteiger partial charge in [0.25, 0.3) is 0 Å². The molecule has 2 heterocycles. The quantitative estimate of drug-likeness (QED) is 0.828. The van der Waals surface area contributed by atoms with Gasteiger partial charge in [-0.2, -0.15) is 0 Å². The van der Waals surface area contributed by atoms with Gasteiger partial charge in [-0.25, -0.2) is 8.78 Å². The molecule has 27 heavy (non-hydrogen) atoms. The van der Waals surface area contributed by atoms with Crippen molar-refractivity contribution in [3.8, 4) is 0 Å². The Balaban J connectivity index is 1.28. The molecule has 0 radical (unpaired) electrons. The lowest BCUT2D eigenvalue weighted by molar-refractivity contribution is -0.121. The average Bonchev–Trinajstić information content (AvgIpc) is 3.37. The normalized spacial score (nSPS) is 26.6. The number of nitrogens with zero attached hydrogens (tertiary/aromatic N) is 2. The molecular formula is C21H29F2N3O. The second-order valence-electron chi connectivity index (χ2n) is 8.68. The molecule has 4 nitrogen and oxygen atoms in total. The zero-order valence-electron chi connectivity index (χ0n) is 15.9. The molecule has 0 bridgehead atoms. The summed E-state index contributed by atoms with van der Waals surface area (Å²) in [5.41, 5.74) is 1.11. The lowest BCUT2D eigenvalue weighted by Gasteiger charge is -2.40. The molecule has 2 saturated heterocycles. The Kier molecular flexibility index (Phi) is 5.46. The number of likely N-dealkylation sites (tertiary alicyclic amines) is 2. The van der Waals surface area contributed by atoms with Gasteiger partial charge in [0.2, 0.25) is 5.91 Å². The molecule has 1 aromatic carbocycles. The van der Waals surface area contributed by atoms with E-state index < -0.39 is 11.6 Å².